The second-order valence-electron chi connectivity index (χ2n) is 7.82. The monoisotopic (exact) mass is 341 g/mol. The lowest BCUT2D eigenvalue weighted by molar-refractivity contribution is -0.198. The third-order valence-electron chi connectivity index (χ3n) is 5.35. The van der Waals surface area contributed by atoms with Crippen molar-refractivity contribution >= 4 is 19.3 Å². The van der Waals surface area contributed by atoms with Gasteiger partial charge in [-0.25, -0.2) is 14.9 Å². The predicted molar refractivity (Wildman–Crippen MR) is 95.8 cm³/mol. The van der Waals surface area contributed by atoms with E-state index in [4.69, 9.17) is 27.9 Å². The van der Waals surface area contributed by atoms with Gasteiger partial charge in [-0.2, -0.15) is 0 Å². The summed E-state index contributed by atoms with van der Waals surface area (Å²) in [4.78, 5) is 10.8. The number of fused-ring (bicyclic) bond motifs is 2. The first-order chi connectivity index (χ1) is 11.8. The molecule has 132 valence electrons. The number of hydroxylamine groups is 2. The lowest BCUT2D eigenvalue weighted by Crippen LogP contribution is -2.47. The van der Waals surface area contributed by atoms with Crippen LogP contribution in [0.5, 0.6) is 5.75 Å². The summed E-state index contributed by atoms with van der Waals surface area (Å²) >= 11 is 0. The average Bonchev–Trinajstić information content (AvgIpc) is 2.82. The Bertz CT molecular complexity index is 724. The van der Waals surface area contributed by atoms with E-state index in [1.807, 2.05) is 18.2 Å². The summed E-state index contributed by atoms with van der Waals surface area (Å²) in [5.74, 6) is 1.50. The minimum absolute atomic E-state index is 0.0117. The fraction of sp³-hybridized carbons (Fsp3) is 0.611. The number of hydrogen-bond donors (Lipinski definition) is 1. The molecule has 0 amide bonds. The van der Waals surface area contributed by atoms with Gasteiger partial charge in [-0.05, 0) is 32.8 Å². The Morgan fingerprint density at radius 3 is 2.80 bits per heavy atom. The second-order valence-corrected chi connectivity index (χ2v) is 7.82. The van der Waals surface area contributed by atoms with Gasteiger partial charge >= 0.3 is 0 Å². The molecule has 0 aliphatic carbocycles. The molecule has 2 radical (unpaired) electrons. The molecule has 3 unspecified atom stereocenters. The number of nitrogens with two attached hydrogens (primary N) is 1. The zero-order valence-electron chi connectivity index (χ0n) is 15.0. The van der Waals surface area contributed by atoms with Gasteiger partial charge in [0.05, 0.1) is 11.2 Å². The molecular weight excluding hydrogens is 317 g/mol. The van der Waals surface area contributed by atoms with E-state index in [1.165, 1.54) is 5.06 Å². The van der Waals surface area contributed by atoms with Crippen molar-refractivity contribution in [2.24, 2.45) is 16.6 Å². The maximum atomic E-state index is 6.36. The molecule has 3 aliphatic heterocycles. The van der Waals surface area contributed by atoms with E-state index >= 15 is 0 Å². The highest BCUT2D eigenvalue weighted by molar-refractivity contribution is 6.32. The minimum Gasteiger partial charge on any atom is -0.489 e. The normalized spacial score (nSPS) is 33.7. The summed E-state index contributed by atoms with van der Waals surface area (Å²) in [5.41, 5.74) is 6.48. The Balaban J connectivity index is 1.71. The van der Waals surface area contributed by atoms with Crippen LogP contribution in [0.2, 0.25) is 0 Å². The molecule has 1 aromatic carbocycles. The molecule has 25 heavy (non-hydrogen) atoms. The maximum absolute atomic E-state index is 6.36. The smallest absolute Gasteiger partial charge is 0.221 e. The van der Waals surface area contributed by atoms with E-state index in [0.717, 1.165) is 30.8 Å². The van der Waals surface area contributed by atoms with E-state index < -0.39 is 5.72 Å². The Morgan fingerprint density at radius 2 is 2.12 bits per heavy atom. The fourth-order valence-electron chi connectivity index (χ4n) is 4.14. The molecule has 0 saturated carbocycles. The van der Waals surface area contributed by atoms with Gasteiger partial charge in [-0.3, -0.25) is 0 Å². The summed E-state index contributed by atoms with van der Waals surface area (Å²) in [7, 11) is 7.76. The summed E-state index contributed by atoms with van der Waals surface area (Å²) in [6.07, 6.45) is 2.49. The number of guanidine groups is 1. The van der Waals surface area contributed by atoms with Crippen LogP contribution in [-0.2, 0) is 15.3 Å². The minimum atomic E-state index is -0.866. The van der Waals surface area contributed by atoms with Gasteiger partial charge in [-0.1, -0.05) is 17.6 Å². The number of nitrogens with zero attached hydrogens (tertiary/aromatic N) is 2. The maximum Gasteiger partial charge on any atom is 0.221 e. The zero-order chi connectivity index (χ0) is 17.8. The molecule has 1 fully saturated rings. The summed E-state index contributed by atoms with van der Waals surface area (Å²) in [6.45, 7) is 5.00. The van der Waals surface area contributed by atoms with Crippen LogP contribution in [0.25, 0.3) is 0 Å². The zero-order valence-corrected chi connectivity index (χ0v) is 15.0. The van der Waals surface area contributed by atoms with Crippen LogP contribution >= 0.6 is 0 Å². The van der Waals surface area contributed by atoms with Crippen LogP contribution in [0, 0.1) is 5.92 Å². The van der Waals surface area contributed by atoms with E-state index in [1.54, 1.807) is 7.05 Å². The van der Waals surface area contributed by atoms with Crippen molar-refractivity contribution in [3.8, 4) is 5.75 Å². The van der Waals surface area contributed by atoms with Gasteiger partial charge in [0.25, 0.3) is 0 Å². The molecule has 0 aromatic heterocycles. The number of aliphatic imine (C=N–C) groups is 1. The van der Waals surface area contributed by atoms with Crippen molar-refractivity contribution < 1.29 is 14.3 Å². The molecular formula is C18H24BN3O3. The van der Waals surface area contributed by atoms with Crippen LogP contribution in [-0.4, -0.2) is 44.2 Å². The van der Waals surface area contributed by atoms with Crippen molar-refractivity contribution in [1.29, 1.82) is 0 Å². The number of ether oxygens (including phenoxy) is 2. The van der Waals surface area contributed by atoms with Crippen molar-refractivity contribution in [2.75, 3.05) is 13.7 Å². The van der Waals surface area contributed by atoms with Gasteiger partial charge in [-0.15, -0.1) is 0 Å². The lowest BCUT2D eigenvalue weighted by atomic mass is 9.79. The van der Waals surface area contributed by atoms with Crippen LogP contribution in [0.4, 0.5) is 0 Å². The van der Waals surface area contributed by atoms with Gasteiger partial charge in [0, 0.05) is 26.0 Å². The standard InChI is InChI=1S/C18H24BN3O3/c1-17(2)9-11(6-7-23-17)15-10-18(21-16(20)22(3)25-18)13-8-12(19)4-5-14(13)24-15/h4-5,8,11,15H,6-7,9-10H2,1-3H3,(H2,20,21). The first-order valence-corrected chi connectivity index (χ1v) is 8.77. The van der Waals surface area contributed by atoms with Crippen LogP contribution in [0.1, 0.15) is 38.7 Å². The molecule has 1 aromatic rings. The second kappa shape index (κ2) is 5.64. The molecule has 7 heteroatoms. The van der Waals surface area contributed by atoms with E-state index in [2.05, 4.69) is 18.8 Å². The summed E-state index contributed by atoms with van der Waals surface area (Å²) < 4.78 is 12.2. The molecule has 2 N–H and O–H groups in total. The number of benzene rings is 1. The van der Waals surface area contributed by atoms with Crippen molar-refractivity contribution in [3.63, 3.8) is 0 Å². The molecule has 3 heterocycles. The van der Waals surface area contributed by atoms with Gasteiger partial charge in [0.2, 0.25) is 11.7 Å². The number of rotatable bonds is 1. The van der Waals surface area contributed by atoms with Crippen LogP contribution in [0.3, 0.4) is 0 Å². The first kappa shape index (κ1) is 16.7. The fourth-order valence-corrected chi connectivity index (χ4v) is 4.14. The van der Waals surface area contributed by atoms with Crippen molar-refractivity contribution in [2.45, 2.75) is 50.5 Å². The highest BCUT2D eigenvalue weighted by atomic mass is 16.7. The van der Waals surface area contributed by atoms with Crippen LogP contribution in [0.15, 0.2) is 23.2 Å². The largest absolute Gasteiger partial charge is 0.489 e. The van der Waals surface area contributed by atoms with Gasteiger partial charge in [0.1, 0.15) is 19.7 Å². The SMILES string of the molecule is [B]c1ccc2c(c1)C1(CC(C3CCOC(C)(C)C3)O2)N=C(N)N(C)O1. The van der Waals surface area contributed by atoms with E-state index in [9.17, 15) is 0 Å². The average molecular weight is 341 g/mol. The first-order valence-electron chi connectivity index (χ1n) is 8.77. The Labute approximate surface area is 149 Å². The highest BCUT2D eigenvalue weighted by Gasteiger charge is 2.51. The summed E-state index contributed by atoms with van der Waals surface area (Å²) in [6, 6.07) is 5.61. The molecule has 6 nitrogen and oxygen atoms in total. The molecule has 3 aliphatic rings. The van der Waals surface area contributed by atoms with Gasteiger partial charge < -0.3 is 15.2 Å². The third-order valence-corrected chi connectivity index (χ3v) is 5.35. The third kappa shape index (κ3) is 2.89. The lowest BCUT2D eigenvalue weighted by Gasteiger charge is -2.44. The molecule has 1 spiro atoms. The van der Waals surface area contributed by atoms with E-state index in [0.29, 0.717) is 23.8 Å². The van der Waals surface area contributed by atoms with E-state index in [-0.39, 0.29) is 11.7 Å². The van der Waals surface area contributed by atoms with Crippen LogP contribution < -0.4 is 15.9 Å². The van der Waals surface area contributed by atoms with Gasteiger partial charge in [0.15, 0.2) is 0 Å². The molecule has 1 saturated heterocycles. The summed E-state index contributed by atoms with van der Waals surface area (Å²) in [5, 5.41) is 1.52. The predicted octanol–water partition coefficient (Wildman–Crippen LogP) is 1.18. The van der Waals surface area contributed by atoms with Crippen molar-refractivity contribution in [1.82, 2.24) is 5.06 Å². The van der Waals surface area contributed by atoms with Crippen molar-refractivity contribution in [3.05, 3.63) is 23.8 Å². The number of hydrogen-bond acceptors (Lipinski definition) is 6. The Hall–Kier alpha value is -1.73. The Kier molecular flexibility index (Phi) is 3.77. The highest BCUT2D eigenvalue weighted by Crippen LogP contribution is 2.48. The molecule has 3 atom stereocenters. The molecule has 0 bridgehead atoms. The quantitative estimate of drug-likeness (QED) is 0.777. The molecule has 4 rings (SSSR count). The topological polar surface area (TPSA) is 69.3 Å². The Morgan fingerprint density at radius 1 is 1.32 bits per heavy atom.